The van der Waals surface area contributed by atoms with Gasteiger partial charge in [-0.15, -0.1) is 5.10 Å². The normalized spacial score (nSPS) is 10.1. The molecule has 0 saturated heterocycles. The highest BCUT2D eigenvalue weighted by Gasteiger charge is 2.11. The molecule has 0 atom stereocenters. The Kier molecular flexibility index (Phi) is 27.3. The molecule has 9 aromatic heterocycles. The van der Waals surface area contributed by atoms with E-state index in [9.17, 15) is 0 Å². The van der Waals surface area contributed by atoms with Crippen LogP contribution in [0.15, 0.2) is 365 Å². The number of aromatic nitrogens is 11. The van der Waals surface area contributed by atoms with Gasteiger partial charge in [-0.25, -0.2) is 15.0 Å². The van der Waals surface area contributed by atoms with Crippen molar-refractivity contribution in [3.63, 3.8) is 0 Å². The first kappa shape index (κ1) is 72.5. The Bertz CT molecular complexity index is 4800. The number of hydrogen-bond acceptors (Lipinski definition) is 11. The van der Waals surface area contributed by atoms with Crippen LogP contribution in [0.4, 0.5) is 0 Å². The van der Waals surface area contributed by atoms with Crippen LogP contribution in [0, 0.1) is 48.5 Å². The van der Waals surface area contributed by atoms with Crippen molar-refractivity contribution in [2.24, 2.45) is 0 Å². The molecule has 7 aromatic carbocycles. The van der Waals surface area contributed by atoms with Crippen molar-refractivity contribution < 1.29 is 0 Å². The quantitative estimate of drug-likeness (QED) is 0.136. The van der Waals surface area contributed by atoms with E-state index < -0.39 is 0 Å². The van der Waals surface area contributed by atoms with E-state index in [0.717, 1.165) is 84.9 Å². The van der Waals surface area contributed by atoms with E-state index in [-0.39, 0.29) is 0 Å². The molecule has 0 bridgehead atoms. The van der Waals surface area contributed by atoms with Crippen LogP contribution in [0.25, 0.3) is 101 Å². The molecule has 0 aliphatic carbocycles. The molecule has 11 nitrogen and oxygen atoms in total. The van der Waals surface area contributed by atoms with E-state index in [1.165, 1.54) is 50.1 Å². The fraction of sp³-hybridized carbons (Fsp3) is 0.0761. The summed E-state index contributed by atoms with van der Waals surface area (Å²) in [4.78, 5) is 39.4. The first-order chi connectivity index (χ1) is 50.5. The van der Waals surface area contributed by atoms with Gasteiger partial charge < -0.3 is 0 Å². The molecule has 11 heteroatoms. The van der Waals surface area contributed by atoms with Crippen molar-refractivity contribution in [2.45, 2.75) is 48.5 Å². The van der Waals surface area contributed by atoms with Gasteiger partial charge in [0.15, 0.2) is 0 Å². The average molecular weight is 1340 g/mol. The van der Waals surface area contributed by atoms with Gasteiger partial charge in [0, 0.05) is 76.4 Å². The lowest BCUT2D eigenvalue weighted by Crippen LogP contribution is -1.93. The van der Waals surface area contributed by atoms with Gasteiger partial charge in [-0.05, 0) is 179 Å². The summed E-state index contributed by atoms with van der Waals surface area (Å²) >= 11 is 0. The van der Waals surface area contributed by atoms with Crippen molar-refractivity contribution in [3.8, 4) is 101 Å². The topological polar surface area (TPSA) is 142 Å². The highest BCUT2D eigenvalue weighted by atomic mass is 15.1. The fourth-order valence-electron chi connectivity index (χ4n) is 10.5. The summed E-state index contributed by atoms with van der Waals surface area (Å²) in [5.74, 6) is 0.711. The van der Waals surface area contributed by atoms with Gasteiger partial charge in [0.05, 0.1) is 57.4 Å². The molecule has 0 fully saturated rings. The molecule has 0 unspecified atom stereocenters. The predicted octanol–water partition coefficient (Wildman–Crippen LogP) is 22.3. The molecular weight excluding hydrogens is 1260 g/mol. The number of pyridine rings is 8. The minimum Gasteiger partial charge on any atom is -0.262 e. The van der Waals surface area contributed by atoms with Crippen LogP contribution in [0.2, 0.25) is 0 Å². The first-order valence-electron chi connectivity index (χ1n) is 34.0. The molecule has 0 radical (unpaired) electrons. The van der Waals surface area contributed by atoms with Crippen molar-refractivity contribution in [3.05, 3.63) is 404 Å². The molecule has 504 valence electrons. The zero-order valence-electron chi connectivity index (χ0n) is 59.1. The molecule has 0 saturated carbocycles. The Hall–Kier alpha value is -13.3. The fourth-order valence-corrected chi connectivity index (χ4v) is 10.5. The van der Waals surface area contributed by atoms with Crippen molar-refractivity contribution in [1.82, 2.24) is 55.1 Å². The molecule has 103 heavy (non-hydrogen) atoms. The summed E-state index contributed by atoms with van der Waals surface area (Å²) in [5, 5.41) is 7.19. The monoisotopic (exact) mass is 1340 g/mol. The minimum absolute atomic E-state index is 0.711. The maximum Gasteiger partial charge on any atom is 0.147 e. The van der Waals surface area contributed by atoms with E-state index in [0.29, 0.717) is 5.82 Å². The zero-order chi connectivity index (χ0) is 71.6. The Morgan fingerprint density at radius 2 is 0.583 bits per heavy atom. The summed E-state index contributed by atoms with van der Waals surface area (Å²) in [7, 11) is 0. The Balaban J connectivity index is 0.000000133. The third-order valence-corrected chi connectivity index (χ3v) is 15.7. The second-order valence-electron chi connectivity index (χ2n) is 24.0. The van der Waals surface area contributed by atoms with Gasteiger partial charge in [-0.2, -0.15) is 5.10 Å². The maximum absolute atomic E-state index is 4.79. The molecular formula is C92H81N11. The third-order valence-electron chi connectivity index (χ3n) is 15.7. The van der Waals surface area contributed by atoms with Crippen molar-refractivity contribution >= 4 is 0 Å². The molecule has 9 heterocycles. The molecule has 16 rings (SSSR count). The molecule has 16 aromatic rings. The second kappa shape index (κ2) is 38.8. The highest BCUT2D eigenvalue weighted by Crippen LogP contribution is 2.30. The van der Waals surface area contributed by atoms with Gasteiger partial charge in [0.2, 0.25) is 0 Å². The van der Waals surface area contributed by atoms with Gasteiger partial charge in [-0.3, -0.25) is 29.9 Å². The van der Waals surface area contributed by atoms with Crippen LogP contribution in [-0.4, -0.2) is 55.1 Å². The van der Waals surface area contributed by atoms with Crippen LogP contribution >= 0.6 is 0 Å². The molecule has 0 amide bonds. The number of hydrogen-bond donors (Lipinski definition) is 0. The summed E-state index contributed by atoms with van der Waals surface area (Å²) in [6, 6.07) is 109. The molecule has 0 N–H and O–H groups in total. The van der Waals surface area contributed by atoms with E-state index in [1.54, 1.807) is 31.7 Å². The van der Waals surface area contributed by atoms with E-state index >= 15 is 0 Å². The smallest absolute Gasteiger partial charge is 0.147 e. The Morgan fingerprint density at radius 3 is 1.02 bits per heavy atom. The van der Waals surface area contributed by atoms with Gasteiger partial charge in [0.25, 0.3) is 0 Å². The van der Waals surface area contributed by atoms with Crippen LogP contribution in [0.5, 0.6) is 0 Å². The first-order valence-corrected chi connectivity index (χ1v) is 34.0. The summed E-state index contributed by atoms with van der Waals surface area (Å²) in [6.45, 7) is 14.2. The van der Waals surface area contributed by atoms with Crippen molar-refractivity contribution in [2.75, 3.05) is 0 Å². The average Bonchev–Trinajstić information content (AvgIpc) is 0.810. The lowest BCUT2D eigenvalue weighted by Gasteiger charge is -2.09. The van der Waals surface area contributed by atoms with Crippen LogP contribution in [0.3, 0.4) is 0 Å². The third kappa shape index (κ3) is 23.5. The number of benzene rings is 7. The van der Waals surface area contributed by atoms with E-state index in [1.807, 2.05) is 202 Å². The lowest BCUT2D eigenvalue weighted by molar-refractivity contribution is 0.907. The van der Waals surface area contributed by atoms with Gasteiger partial charge >= 0.3 is 0 Å². The summed E-state index contributed by atoms with van der Waals surface area (Å²) in [5.41, 5.74) is 26.3. The highest BCUT2D eigenvalue weighted by molar-refractivity contribution is 5.75. The maximum atomic E-state index is 4.79. The zero-order valence-corrected chi connectivity index (χ0v) is 59.1. The number of aryl methyl sites for hydroxylation is 7. The van der Waals surface area contributed by atoms with Crippen LogP contribution < -0.4 is 0 Å². The largest absolute Gasteiger partial charge is 0.262 e. The Labute approximate surface area is 605 Å². The van der Waals surface area contributed by atoms with Crippen molar-refractivity contribution in [1.29, 1.82) is 0 Å². The van der Waals surface area contributed by atoms with E-state index in [2.05, 4.69) is 224 Å². The second-order valence-corrected chi connectivity index (χ2v) is 24.0. The summed E-state index contributed by atoms with van der Waals surface area (Å²) < 4.78 is 0. The van der Waals surface area contributed by atoms with Crippen LogP contribution in [-0.2, 0) is 0 Å². The number of rotatable bonds is 9. The Morgan fingerprint density at radius 1 is 0.175 bits per heavy atom. The predicted molar refractivity (Wildman–Crippen MR) is 423 cm³/mol. The van der Waals surface area contributed by atoms with E-state index in [4.69, 9.17) is 9.97 Å². The summed E-state index contributed by atoms with van der Waals surface area (Å²) in [6.07, 6.45) is 12.2. The molecule has 0 aliphatic rings. The minimum atomic E-state index is 0.711. The number of nitrogens with zero attached hydrogens (tertiary/aromatic N) is 11. The van der Waals surface area contributed by atoms with Crippen LogP contribution in [0.1, 0.15) is 39.5 Å². The van der Waals surface area contributed by atoms with Gasteiger partial charge in [0.1, 0.15) is 5.82 Å². The molecule has 0 aliphatic heterocycles. The van der Waals surface area contributed by atoms with Gasteiger partial charge in [-0.1, -0.05) is 235 Å². The lowest BCUT2D eigenvalue weighted by atomic mass is 10.0. The standard InChI is InChI=1S/C22H17N3.C18H15N.4C12H11N.C4H5N3/c1-16-8-10-17(11-9-16)18-14-21(19-6-2-4-12-23-19)25-22(15-18)20-7-3-5-13-24-20;1-14-12-17(15-8-4-2-5-9-15)19-18(13-14)16-10-6-3-7-11-16;1-10-5-4-6-11(9-10)12-7-2-3-8-13-12;1-10-5-7-11(8-6-10)12-4-2-3-9-13-12;1-10-6-5-9-12(13-10)11-7-3-2-4-8-11;1-10-9-12(7-8-13-10)11-5-3-2-4-6-11;1-4-5-2-3-6-7-4/h2-15H,1H3;2-13H,1H3;4*2-9H,1H3;2-3H,1H3. The SMILES string of the molecule is Cc1cc(-c2ccccc2)ccn1.Cc1cc(-c2ccccc2)nc(-c2ccccc2)c1.Cc1ccc(-c2cc(-c3ccccn3)nc(-c3ccccn3)c2)cc1.Cc1ccc(-c2ccccn2)cc1.Cc1cccc(-c2ccccc2)n1.Cc1cccc(-c2ccccn2)c1.Cc1nccnn1. The molecule has 0 spiro atoms.